The van der Waals surface area contributed by atoms with Crippen LogP contribution in [0.15, 0.2) is 24.3 Å². The Morgan fingerprint density at radius 3 is 2.57 bits per heavy atom. The molecule has 1 aromatic carbocycles. The van der Waals surface area contributed by atoms with Gasteiger partial charge < -0.3 is 10.1 Å². The minimum atomic E-state index is -0.655. The Hall–Kier alpha value is -1.58. The highest BCUT2D eigenvalue weighted by Gasteiger charge is 2.47. The monoisotopic (exact) mass is 291 g/mol. The number of methoxy groups -OCH3 is 1. The van der Waals surface area contributed by atoms with Crippen LogP contribution >= 0.6 is 0 Å². The fourth-order valence-corrected chi connectivity index (χ4v) is 3.64. The van der Waals surface area contributed by atoms with Crippen LogP contribution in [-0.2, 0) is 9.53 Å². The number of hydrogen-bond donors (Lipinski definition) is 1. The molecular weight excluding hydrogens is 269 g/mol. The van der Waals surface area contributed by atoms with Crippen molar-refractivity contribution in [3.8, 4) is 0 Å². The van der Waals surface area contributed by atoms with E-state index in [1.807, 2.05) is 0 Å². The van der Waals surface area contributed by atoms with Crippen LogP contribution in [0.5, 0.6) is 0 Å². The zero-order chi connectivity index (χ0) is 14.9. The molecule has 4 heteroatoms. The van der Waals surface area contributed by atoms with Gasteiger partial charge in [0.2, 0.25) is 0 Å². The molecule has 1 N–H and O–H groups in total. The van der Waals surface area contributed by atoms with E-state index in [9.17, 15) is 9.18 Å². The minimum absolute atomic E-state index is 0.197. The molecule has 2 aliphatic rings. The highest BCUT2D eigenvalue weighted by atomic mass is 19.1. The van der Waals surface area contributed by atoms with Gasteiger partial charge >= 0.3 is 5.97 Å². The quantitative estimate of drug-likeness (QED) is 0.859. The van der Waals surface area contributed by atoms with E-state index in [0.29, 0.717) is 5.92 Å². The molecule has 0 heterocycles. The van der Waals surface area contributed by atoms with Crippen molar-refractivity contribution < 1.29 is 13.9 Å². The van der Waals surface area contributed by atoms with Crippen LogP contribution in [0, 0.1) is 17.7 Å². The van der Waals surface area contributed by atoms with Crippen LogP contribution in [0.1, 0.15) is 38.5 Å². The maximum Gasteiger partial charge on any atom is 0.331 e. The summed E-state index contributed by atoms with van der Waals surface area (Å²) >= 11 is 0. The highest BCUT2D eigenvalue weighted by Crippen LogP contribution is 2.47. The summed E-state index contributed by atoms with van der Waals surface area (Å²) in [4.78, 5) is 12.4. The summed E-state index contributed by atoms with van der Waals surface area (Å²) in [5.41, 5.74) is 0.121. The van der Waals surface area contributed by atoms with Gasteiger partial charge in [-0.05, 0) is 68.2 Å². The lowest BCUT2D eigenvalue weighted by Gasteiger charge is -2.40. The van der Waals surface area contributed by atoms with Crippen LogP contribution in [-0.4, -0.2) is 18.6 Å². The first-order valence-corrected chi connectivity index (χ1v) is 7.75. The number of ether oxygens (including phenoxy) is 1. The molecule has 2 fully saturated rings. The van der Waals surface area contributed by atoms with Crippen LogP contribution < -0.4 is 5.32 Å². The molecule has 0 radical (unpaired) electrons. The molecule has 0 aliphatic heterocycles. The van der Waals surface area contributed by atoms with Crippen LogP contribution in [0.4, 0.5) is 10.1 Å². The Morgan fingerprint density at radius 2 is 1.95 bits per heavy atom. The van der Waals surface area contributed by atoms with Crippen molar-refractivity contribution >= 4 is 11.7 Å². The van der Waals surface area contributed by atoms with Gasteiger partial charge in [-0.1, -0.05) is 6.42 Å². The number of rotatable bonds is 4. The smallest absolute Gasteiger partial charge is 0.331 e. The van der Waals surface area contributed by atoms with E-state index in [-0.39, 0.29) is 11.8 Å². The predicted molar refractivity (Wildman–Crippen MR) is 79.5 cm³/mol. The van der Waals surface area contributed by atoms with Gasteiger partial charge in [-0.25, -0.2) is 9.18 Å². The number of nitrogens with one attached hydrogen (secondary N) is 1. The second kappa shape index (κ2) is 5.66. The van der Waals surface area contributed by atoms with Gasteiger partial charge in [0.25, 0.3) is 0 Å². The summed E-state index contributed by atoms with van der Waals surface area (Å²) in [7, 11) is 1.44. The van der Waals surface area contributed by atoms with E-state index in [1.54, 1.807) is 12.1 Å². The van der Waals surface area contributed by atoms with E-state index in [2.05, 4.69) is 5.32 Å². The van der Waals surface area contributed by atoms with Crippen molar-refractivity contribution in [2.75, 3.05) is 12.4 Å². The predicted octanol–water partition coefficient (Wildman–Crippen LogP) is 3.75. The molecule has 114 valence electrons. The normalized spacial score (nSPS) is 29.0. The fourth-order valence-electron chi connectivity index (χ4n) is 3.64. The standard InChI is InChI=1S/C17H22FNO2/c1-21-16(20)17(19-15-8-6-14(18)7-9-15)10-2-3-13(11-17)12-4-5-12/h6-9,12-13,19H,2-5,10-11H2,1H3. The fraction of sp³-hybridized carbons (Fsp3) is 0.588. The Kier molecular flexibility index (Phi) is 3.87. The number of hydrogen-bond acceptors (Lipinski definition) is 3. The average Bonchev–Trinajstić information content (AvgIpc) is 3.34. The summed E-state index contributed by atoms with van der Waals surface area (Å²) in [6.45, 7) is 0. The third kappa shape index (κ3) is 3.04. The number of benzene rings is 1. The molecule has 1 aromatic rings. The zero-order valence-electron chi connectivity index (χ0n) is 12.4. The van der Waals surface area contributed by atoms with Gasteiger partial charge in [-0.2, -0.15) is 0 Å². The van der Waals surface area contributed by atoms with Crippen molar-refractivity contribution in [2.24, 2.45) is 11.8 Å². The van der Waals surface area contributed by atoms with Crippen LogP contribution in [0.2, 0.25) is 0 Å². The van der Waals surface area contributed by atoms with Gasteiger partial charge in [0, 0.05) is 5.69 Å². The highest BCUT2D eigenvalue weighted by molar-refractivity contribution is 5.84. The van der Waals surface area contributed by atoms with E-state index in [1.165, 1.54) is 38.5 Å². The molecule has 0 amide bonds. The molecule has 0 aromatic heterocycles. The molecule has 0 saturated heterocycles. The Balaban J connectivity index is 1.82. The second-order valence-electron chi connectivity index (χ2n) is 6.40. The molecule has 2 saturated carbocycles. The summed E-state index contributed by atoms with van der Waals surface area (Å²) in [5, 5.41) is 3.34. The van der Waals surface area contributed by atoms with Crippen molar-refractivity contribution in [2.45, 2.75) is 44.1 Å². The first kappa shape index (κ1) is 14.4. The molecule has 3 nitrogen and oxygen atoms in total. The number of halogens is 1. The van der Waals surface area contributed by atoms with Gasteiger partial charge in [-0.15, -0.1) is 0 Å². The number of carbonyl (C=O) groups excluding carboxylic acids is 1. The number of anilines is 1. The van der Waals surface area contributed by atoms with Gasteiger partial charge in [0.05, 0.1) is 7.11 Å². The first-order valence-electron chi connectivity index (χ1n) is 7.75. The lowest BCUT2D eigenvalue weighted by molar-refractivity contribution is -0.148. The molecule has 2 atom stereocenters. The molecule has 0 spiro atoms. The maximum absolute atomic E-state index is 13.0. The van der Waals surface area contributed by atoms with Crippen molar-refractivity contribution in [3.63, 3.8) is 0 Å². The maximum atomic E-state index is 13.0. The molecule has 3 rings (SSSR count). The molecule has 21 heavy (non-hydrogen) atoms. The number of carbonyl (C=O) groups is 1. The van der Waals surface area contributed by atoms with Crippen molar-refractivity contribution in [3.05, 3.63) is 30.1 Å². The molecule has 2 aliphatic carbocycles. The molecular formula is C17H22FNO2. The SMILES string of the molecule is COC(=O)C1(Nc2ccc(F)cc2)CCCC(C2CC2)C1. The van der Waals surface area contributed by atoms with E-state index in [4.69, 9.17) is 4.74 Å². The molecule has 0 bridgehead atoms. The second-order valence-corrected chi connectivity index (χ2v) is 6.40. The van der Waals surface area contributed by atoms with Crippen LogP contribution in [0.3, 0.4) is 0 Å². The van der Waals surface area contributed by atoms with Crippen molar-refractivity contribution in [1.29, 1.82) is 0 Å². The number of esters is 1. The van der Waals surface area contributed by atoms with E-state index in [0.717, 1.165) is 30.9 Å². The summed E-state index contributed by atoms with van der Waals surface area (Å²) in [6.07, 6.45) is 6.41. The third-order valence-corrected chi connectivity index (χ3v) is 4.88. The third-order valence-electron chi connectivity index (χ3n) is 4.88. The minimum Gasteiger partial charge on any atom is -0.467 e. The largest absolute Gasteiger partial charge is 0.467 e. The summed E-state index contributed by atoms with van der Waals surface area (Å²) in [6, 6.07) is 6.19. The lowest BCUT2D eigenvalue weighted by Crippen LogP contribution is -2.50. The van der Waals surface area contributed by atoms with Gasteiger partial charge in [0.15, 0.2) is 0 Å². The van der Waals surface area contributed by atoms with Gasteiger partial charge in [0.1, 0.15) is 11.4 Å². The first-order chi connectivity index (χ1) is 10.1. The van der Waals surface area contributed by atoms with Crippen molar-refractivity contribution in [1.82, 2.24) is 0 Å². The summed E-state index contributed by atoms with van der Waals surface area (Å²) < 4.78 is 18.1. The van der Waals surface area contributed by atoms with E-state index >= 15 is 0 Å². The lowest BCUT2D eigenvalue weighted by atomic mass is 9.73. The Labute approximate surface area is 124 Å². The van der Waals surface area contributed by atoms with Gasteiger partial charge in [-0.3, -0.25) is 0 Å². The zero-order valence-corrected chi connectivity index (χ0v) is 12.4. The van der Waals surface area contributed by atoms with E-state index < -0.39 is 5.54 Å². The summed E-state index contributed by atoms with van der Waals surface area (Å²) in [5.74, 6) is 0.916. The average molecular weight is 291 g/mol. The Morgan fingerprint density at radius 1 is 1.24 bits per heavy atom. The van der Waals surface area contributed by atoms with Crippen LogP contribution in [0.25, 0.3) is 0 Å². The molecule has 2 unspecified atom stereocenters. The Bertz CT molecular complexity index is 512. The topological polar surface area (TPSA) is 38.3 Å².